The summed E-state index contributed by atoms with van der Waals surface area (Å²) in [5, 5.41) is 3.15. The predicted octanol–water partition coefficient (Wildman–Crippen LogP) is 1.89. The molecule has 0 aliphatic heterocycles. The molecule has 0 atom stereocenters. The van der Waals surface area contributed by atoms with Gasteiger partial charge in [-0.1, -0.05) is 6.92 Å². The fraction of sp³-hybridized carbons (Fsp3) is 0.333. The molecule has 0 amide bonds. The lowest BCUT2D eigenvalue weighted by Crippen LogP contribution is -1.75. The molecule has 1 heterocycles. The third kappa shape index (κ3) is 1.07. The van der Waals surface area contributed by atoms with Gasteiger partial charge in [0.15, 0.2) is 0 Å². The SMILES string of the molecule is [CH2]c1csc(CC)n1. The molecule has 0 aromatic carbocycles. The Morgan fingerprint density at radius 3 is 2.88 bits per heavy atom. The third-order valence-electron chi connectivity index (χ3n) is 0.902. The first kappa shape index (κ1) is 5.76. The first-order chi connectivity index (χ1) is 3.83. The first-order valence-corrected chi connectivity index (χ1v) is 3.47. The Balaban J connectivity index is 2.84. The highest BCUT2D eigenvalue weighted by Gasteiger charge is 1.91. The van der Waals surface area contributed by atoms with E-state index < -0.39 is 0 Å². The highest BCUT2D eigenvalue weighted by atomic mass is 32.1. The van der Waals surface area contributed by atoms with Gasteiger partial charge in [-0.2, -0.15) is 0 Å². The molecule has 2 heteroatoms. The van der Waals surface area contributed by atoms with Crippen molar-refractivity contribution in [2.45, 2.75) is 13.3 Å². The van der Waals surface area contributed by atoms with Crippen LogP contribution in [0, 0.1) is 6.92 Å². The number of hydrogen-bond donors (Lipinski definition) is 0. The van der Waals surface area contributed by atoms with Crippen LogP contribution in [0.2, 0.25) is 0 Å². The molecule has 43 valence electrons. The Kier molecular flexibility index (Phi) is 1.63. The molecule has 0 N–H and O–H groups in total. The summed E-state index contributed by atoms with van der Waals surface area (Å²) in [5.41, 5.74) is 0.895. The molecule has 8 heavy (non-hydrogen) atoms. The number of rotatable bonds is 1. The minimum absolute atomic E-state index is 0.895. The van der Waals surface area contributed by atoms with Crippen LogP contribution in [-0.4, -0.2) is 4.98 Å². The molecule has 1 rings (SSSR count). The van der Waals surface area contributed by atoms with Crippen molar-refractivity contribution in [2.24, 2.45) is 0 Å². The maximum Gasteiger partial charge on any atom is 0.0925 e. The normalized spacial score (nSPS) is 9.75. The van der Waals surface area contributed by atoms with Gasteiger partial charge in [0.1, 0.15) is 0 Å². The summed E-state index contributed by atoms with van der Waals surface area (Å²) in [7, 11) is 0. The van der Waals surface area contributed by atoms with Gasteiger partial charge in [0, 0.05) is 5.38 Å². The zero-order valence-corrected chi connectivity index (χ0v) is 5.66. The predicted molar refractivity (Wildman–Crippen MR) is 36.0 cm³/mol. The molecule has 0 saturated heterocycles. The largest absolute Gasteiger partial charge is 0.246 e. The molecule has 0 fully saturated rings. The Labute approximate surface area is 53.4 Å². The standard InChI is InChI=1S/C6H8NS/c1-3-6-7-5(2)4-8-6/h4H,2-3H2,1H3. The quantitative estimate of drug-likeness (QED) is 0.560. The fourth-order valence-electron chi connectivity index (χ4n) is 0.511. The Morgan fingerprint density at radius 2 is 2.62 bits per heavy atom. The highest BCUT2D eigenvalue weighted by Crippen LogP contribution is 2.07. The monoisotopic (exact) mass is 126 g/mol. The Morgan fingerprint density at radius 1 is 1.88 bits per heavy atom. The number of hydrogen-bond acceptors (Lipinski definition) is 2. The number of thiazole rings is 1. The van der Waals surface area contributed by atoms with Gasteiger partial charge in [-0.25, -0.2) is 4.98 Å². The summed E-state index contributed by atoms with van der Waals surface area (Å²) in [4.78, 5) is 4.14. The van der Waals surface area contributed by atoms with Crippen LogP contribution in [0.5, 0.6) is 0 Å². The topological polar surface area (TPSA) is 12.9 Å². The van der Waals surface area contributed by atoms with E-state index in [0.717, 1.165) is 12.1 Å². The molecule has 0 aliphatic rings. The van der Waals surface area contributed by atoms with Crippen molar-refractivity contribution >= 4 is 11.3 Å². The van der Waals surface area contributed by atoms with Crippen molar-refractivity contribution in [1.29, 1.82) is 0 Å². The van der Waals surface area contributed by atoms with Gasteiger partial charge in [-0.15, -0.1) is 11.3 Å². The molecule has 1 radical (unpaired) electrons. The molecule has 0 unspecified atom stereocenters. The second-order valence-electron chi connectivity index (χ2n) is 1.59. The van der Waals surface area contributed by atoms with Crippen LogP contribution in [0.15, 0.2) is 5.38 Å². The molecule has 1 aromatic rings. The van der Waals surface area contributed by atoms with Gasteiger partial charge >= 0.3 is 0 Å². The van der Waals surface area contributed by atoms with Crippen molar-refractivity contribution in [2.75, 3.05) is 0 Å². The van der Waals surface area contributed by atoms with Crippen LogP contribution in [0.4, 0.5) is 0 Å². The van der Waals surface area contributed by atoms with E-state index in [1.54, 1.807) is 11.3 Å². The number of nitrogens with zero attached hydrogens (tertiary/aromatic N) is 1. The summed E-state index contributed by atoms with van der Waals surface area (Å²) in [6, 6.07) is 0. The van der Waals surface area contributed by atoms with Crippen LogP contribution in [0.3, 0.4) is 0 Å². The zero-order valence-electron chi connectivity index (χ0n) is 4.85. The summed E-state index contributed by atoms with van der Waals surface area (Å²) in [5.74, 6) is 0. The van der Waals surface area contributed by atoms with E-state index in [1.165, 1.54) is 5.01 Å². The Hall–Kier alpha value is -0.370. The van der Waals surface area contributed by atoms with Crippen molar-refractivity contribution in [3.05, 3.63) is 23.0 Å². The third-order valence-corrected chi connectivity index (χ3v) is 1.94. The average Bonchev–Trinajstić information content (AvgIpc) is 2.14. The van der Waals surface area contributed by atoms with Crippen molar-refractivity contribution < 1.29 is 0 Å². The van der Waals surface area contributed by atoms with E-state index in [2.05, 4.69) is 18.8 Å². The van der Waals surface area contributed by atoms with Crippen LogP contribution < -0.4 is 0 Å². The average molecular weight is 126 g/mol. The molecule has 0 saturated carbocycles. The van der Waals surface area contributed by atoms with E-state index in [-0.39, 0.29) is 0 Å². The van der Waals surface area contributed by atoms with Gasteiger partial charge in [-0.05, 0) is 13.3 Å². The van der Waals surface area contributed by atoms with Crippen molar-refractivity contribution in [3.63, 3.8) is 0 Å². The van der Waals surface area contributed by atoms with Crippen LogP contribution >= 0.6 is 11.3 Å². The van der Waals surface area contributed by atoms with Crippen LogP contribution in [0.25, 0.3) is 0 Å². The highest BCUT2D eigenvalue weighted by molar-refractivity contribution is 7.09. The molecule has 0 bridgehead atoms. The smallest absolute Gasteiger partial charge is 0.0925 e. The van der Waals surface area contributed by atoms with E-state index >= 15 is 0 Å². The fourth-order valence-corrected chi connectivity index (χ4v) is 1.17. The maximum absolute atomic E-state index is 4.14. The Bertz CT molecular complexity index is 169. The van der Waals surface area contributed by atoms with E-state index in [4.69, 9.17) is 0 Å². The van der Waals surface area contributed by atoms with E-state index in [9.17, 15) is 0 Å². The second-order valence-corrected chi connectivity index (χ2v) is 2.53. The van der Waals surface area contributed by atoms with Gasteiger partial charge in [0.2, 0.25) is 0 Å². The lowest BCUT2D eigenvalue weighted by atomic mass is 10.5. The van der Waals surface area contributed by atoms with Crippen molar-refractivity contribution in [3.8, 4) is 0 Å². The summed E-state index contributed by atoms with van der Waals surface area (Å²) >= 11 is 1.68. The van der Waals surface area contributed by atoms with Crippen molar-refractivity contribution in [1.82, 2.24) is 4.98 Å². The number of aryl methyl sites for hydroxylation is 1. The summed E-state index contributed by atoms with van der Waals surface area (Å²) in [6.45, 7) is 5.78. The lowest BCUT2D eigenvalue weighted by molar-refractivity contribution is 1.08. The van der Waals surface area contributed by atoms with Gasteiger partial charge in [0.25, 0.3) is 0 Å². The number of aromatic nitrogens is 1. The lowest BCUT2D eigenvalue weighted by Gasteiger charge is -1.79. The molecular formula is C6H8NS. The maximum atomic E-state index is 4.14. The second kappa shape index (κ2) is 2.27. The first-order valence-electron chi connectivity index (χ1n) is 2.59. The van der Waals surface area contributed by atoms with Gasteiger partial charge in [-0.3, -0.25) is 0 Å². The van der Waals surface area contributed by atoms with Gasteiger partial charge in [0.05, 0.1) is 10.7 Å². The van der Waals surface area contributed by atoms with E-state index in [1.807, 2.05) is 5.38 Å². The van der Waals surface area contributed by atoms with Crippen LogP contribution in [0.1, 0.15) is 17.6 Å². The molecule has 0 spiro atoms. The van der Waals surface area contributed by atoms with E-state index in [0.29, 0.717) is 0 Å². The minimum Gasteiger partial charge on any atom is -0.246 e. The molecule has 1 nitrogen and oxygen atoms in total. The summed E-state index contributed by atoms with van der Waals surface area (Å²) < 4.78 is 0. The molecule has 1 aromatic heterocycles. The van der Waals surface area contributed by atoms with Crippen LogP contribution in [-0.2, 0) is 6.42 Å². The zero-order chi connectivity index (χ0) is 5.98. The molecule has 0 aliphatic carbocycles. The summed E-state index contributed by atoms with van der Waals surface area (Å²) in [6.07, 6.45) is 1.03. The minimum atomic E-state index is 0.895. The van der Waals surface area contributed by atoms with Gasteiger partial charge < -0.3 is 0 Å². The molecular weight excluding hydrogens is 118 g/mol.